The van der Waals surface area contributed by atoms with Crippen LogP contribution in [0.1, 0.15) is 33.0 Å². The molecule has 7 nitrogen and oxygen atoms in total. The van der Waals surface area contributed by atoms with Crippen LogP contribution in [0.25, 0.3) is 0 Å². The fourth-order valence-electron chi connectivity index (χ4n) is 3.41. The van der Waals surface area contributed by atoms with Crippen LogP contribution in [0.5, 0.6) is 5.75 Å². The minimum absolute atomic E-state index is 0.0516. The zero-order chi connectivity index (χ0) is 24.3. The van der Waals surface area contributed by atoms with E-state index in [1.165, 1.54) is 29.1 Å². The SMILES string of the molecule is Cc1cc(C)n(Cc2cccc(NC(=O)c3ccn(COc4cccc(C(F)(F)F)c4)n3)c2)n1. The van der Waals surface area contributed by atoms with Crippen molar-refractivity contribution in [2.75, 3.05) is 5.32 Å². The van der Waals surface area contributed by atoms with E-state index in [2.05, 4.69) is 15.5 Å². The zero-order valence-corrected chi connectivity index (χ0v) is 18.5. The van der Waals surface area contributed by atoms with E-state index in [0.29, 0.717) is 12.2 Å². The van der Waals surface area contributed by atoms with Crippen molar-refractivity contribution in [3.05, 3.63) is 95.1 Å². The fourth-order valence-corrected chi connectivity index (χ4v) is 3.41. The minimum Gasteiger partial charge on any atom is -0.471 e. The molecule has 0 aliphatic carbocycles. The summed E-state index contributed by atoms with van der Waals surface area (Å²) in [5, 5.41) is 11.4. The molecule has 0 aliphatic heterocycles. The molecule has 0 aliphatic rings. The maximum Gasteiger partial charge on any atom is 0.416 e. The number of benzene rings is 2. The van der Waals surface area contributed by atoms with Gasteiger partial charge in [0.25, 0.3) is 5.91 Å². The van der Waals surface area contributed by atoms with Crippen LogP contribution in [0.2, 0.25) is 0 Å². The maximum absolute atomic E-state index is 12.8. The Morgan fingerprint density at radius 2 is 1.82 bits per heavy atom. The molecule has 1 N–H and O–H groups in total. The third-order valence-corrected chi connectivity index (χ3v) is 5.02. The van der Waals surface area contributed by atoms with Crippen molar-refractivity contribution >= 4 is 11.6 Å². The summed E-state index contributed by atoms with van der Waals surface area (Å²) in [4.78, 5) is 12.6. The second kappa shape index (κ2) is 9.42. The Balaban J connectivity index is 1.37. The Morgan fingerprint density at radius 1 is 1.03 bits per heavy atom. The predicted octanol–water partition coefficient (Wildman–Crippen LogP) is 5.05. The number of aryl methyl sites for hydroxylation is 2. The number of ether oxygens (including phenoxy) is 1. The summed E-state index contributed by atoms with van der Waals surface area (Å²) in [5.74, 6) is -0.364. The highest BCUT2D eigenvalue weighted by atomic mass is 19.4. The van der Waals surface area contributed by atoms with E-state index in [1.54, 1.807) is 6.07 Å². The minimum atomic E-state index is -4.45. The van der Waals surface area contributed by atoms with E-state index < -0.39 is 17.6 Å². The molecule has 2 heterocycles. The number of rotatable bonds is 7. The van der Waals surface area contributed by atoms with Crippen molar-refractivity contribution < 1.29 is 22.7 Å². The molecule has 0 atom stereocenters. The third kappa shape index (κ3) is 5.64. The first-order chi connectivity index (χ1) is 16.2. The first kappa shape index (κ1) is 23.1. The molecule has 2 aromatic carbocycles. The molecule has 1 amide bonds. The van der Waals surface area contributed by atoms with Crippen LogP contribution in [0.15, 0.2) is 66.9 Å². The van der Waals surface area contributed by atoms with Crippen molar-refractivity contribution in [3.8, 4) is 5.75 Å². The van der Waals surface area contributed by atoms with Crippen molar-refractivity contribution in [1.82, 2.24) is 19.6 Å². The largest absolute Gasteiger partial charge is 0.471 e. The average Bonchev–Trinajstić information content (AvgIpc) is 3.38. The van der Waals surface area contributed by atoms with E-state index in [0.717, 1.165) is 29.1 Å². The number of carbonyl (C=O) groups is 1. The zero-order valence-electron chi connectivity index (χ0n) is 18.5. The topological polar surface area (TPSA) is 74.0 Å². The van der Waals surface area contributed by atoms with Crippen LogP contribution in [0.3, 0.4) is 0 Å². The van der Waals surface area contributed by atoms with E-state index in [1.807, 2.05) is 42.8 Å². The summed E-state index contributed by atoms with van der Waals surface area (Å²) < 4.78 is 47.1. The quantitative estimate of drug-likeness (QED) is 0.411. The standard InChI is InChI=1S/C24H22F3N5O2/c1-16-11-17(2)32(29-16)14-18-5-3-7-20(12-18)28-23(33)22-9-10-31(30-22)15-34-21-8-4-6-19(13-21)24(25,26)27/h3-13H,14-15H2,1-2H3,(H,28,33). The van der Waals surface area contributed by atoms with Gasteiger partial charge in [0.2, 0.25) is 0 Å². The number of nitrogens with one attached hydrogen (secondary N) is 1. The van der Waals surface area contributed by atoms with Crippen LogP contribution in [0, 0.1) is 13.8 Å². The van der Waals surface area contributed by atoms with Gasteiger partial charge in [-0.2, -0.15) is 23.4 Å². The number of nitrogens with zero attached hydrogens (tertiary/aromatic N) is 4. The second-order valence-electron chi connectivity index (χ2n) is 7.78. The summed E-state index contributed by atoms with van der Waals surface area (Å²) >= 11 is 0. The molecule has 0 saturated carbocycles. The van der Waals surface area contributed by atoms with Crippen LogP contribution in [-0.4, -0.2) is 25.5 Å². The molecule has 0 saturated heterocycles. The van der Waals surface area contributed by atoms with E-state index >= 15 is 0 Å². The highest BCUT2D eigenvalue weighted by Gasteiger charge is 2.30. The summed E-state index contributed by atoms with van der Waals surface area (Å²) in [6.45, 7) is 4.35. The lowest BCUT2D eigenvalue weighted by molar-refractivity contribution is -0.137. The first-order valence-electron chi connectivity index (χ1n) is 10.4. The van der Waals surface area contributed by atoms with Crippen molar-refractivity contribution in [2.45, 2.75) is 33.3 Å². The highest BCUT2D eigenvalue weighted by Crippen LogP contribution is 2.31. The highest BCUT2D eigenvalue weighted by molar-refractivity contribution is 6.02. The molecule has 4 aromatic rings. The molecule has 4 rings (SSSR count). The number of alkyl halides is 3. The van der Waals surface area contributed by atoms with Crippen LogP contribution >= 0.6 is 0 Å². The van der Waals surface area contributed by atoms with Crippen molar-refractivity contribution in [2.24, 2.45) is 0 Å². The Hall–Kier alpha value is -4.08. The van der Waals surface area contributed by atoms with Gasteiger partial charge in [-0.25, -0.2) is 4.68 Å². The summed E-state index contributed by atoms with van der Waals surface area (Å²) in [5.41, 5.74) is 2.92. The number of hydrogen-bond acceptors (Lipinski definition) is 4. The number of hydrogen-bond donors (Lipinski definition) is 1. The molecule has 34 heavy (non-hydrogen) atoms. The lowest BCUT2D eigenvalue weighted by Crippen LogP contribution is -2.14. The summed E-state index contributed by atoms with van der Waals surface area (Å²) in [6.07, 6.45) is -2.94. The molecule has 0 radical (unpaired) electrons. The Bertz CT molecular complexity index is 1310. The molecule has 176 valence electrons. The van der Waals surface area contributed by atoms with Gasteiger partial charge in [-0.15, -0.1) is 0 Å². The number of amides is 1. The van der Waals surface area contributed by atoms with Crippen LogP contribution < -0.4 is 10.1 Å². The Labute approximate surface area is 193 Å². The van der Waals surface area contributed by atoms with Gasteiger partial charge in [-0.05, 0) is 61.9 Å². The molecule has 0 bridgehead atoms. The second-order valence-corrected chi connectivity index (χ2v) is 7.78. The third-order valence-electron chi connectivity index (χ3n) is 5.02. The molecule has 0 spiro atoms. The van der Waals surface area contributed by atoms with Gasteiger partial charge in [0, 0.05) is 17.6 Å². The molecule has 0 fully saturated rings. The van der Waals surface area contributed by atoms with Crippen molar-refractivity contribution in [1.29, 1.82) is 0 Å². The number of carbonyl (C=O) groups excluding carboxylic acids is 1. The predicted molar refractivity (Wildman–Crippen MR) is 119 cm³/mol. The lowest BCUT2D eigenvalue weighted by Gasteiger charge is -2.10. The fraction of sp³-hybridized carbons (Fsp3) is 0.208. The smallest absolute Gasteiger partial charge is 0.416 e. The van der Waals surface area contributed by atoms with E-state index in [-0.39, 0.29) is 18.2 Å². The van der Waals surface area contributed by atoms with Gasteiger partial charge in [-0.3, -0.25) is 9.48 Å². The molecule has 0 unspecified atom stereocenters. The average molecular weight is 469 g/mol. The van der Waals surface area contributed by atoms with Crippen molar-refractivity contribution in [3.63, 3.8) is 0 Å². The van der Waals surface area contributed by atoms with Crippen LogP contribution in [-0.2, 0) is 19.5 Å². The van der Waals surface area contributed by atoms with Gasteiger partial charge < -0.3 is 10.1 Å². The van der Waals surface area contributed by atoms with Gasteiger partial charge in [0.1, 0.15) is 5.75 Å². The van der Waals surface area contributed by atoms with E-state index in [9.17, 15) is 18.0 Å². The van der Waals surface area contributed by atoms with E-state index in [4.69, 9.17) is 4.74 Å². The Morgan fingerprint density at radius 3 is 2.56 bits per heavy atom. The molecular formula is C24H22F3N5O2. The number of halogens is 3. The number of aromatic nitrogens is 4. The summed E-state index contributed by atoms with van der Waals surface area (Å²) in [6, 6.07) is 15.5. The summed E-state index contributed by atoms with van der Waals surface area (Å²) in [7, 11) is 0. The number of anilines is 1. The molecular weight excluding hydrogens is 447 g/mol. The first-order valence-corrected chi connectivity index (χ1v) is 10.4. The van der Waals surface area contributed by atoms with Gasteiger partial charge in [-0.1, -0.05) is 18.2 Å². The van der Waals surface area contributed by atoms with Gasteiger partial charge in [0.05, 0.1) is 17.8 Å². The van der Waals surface area contributed by atoms with Gasteiger partial charge in [0.15, 0.2) is 12.4 Å². The molecule has 2 aromatic heterocycles. The molecule has 10 heteroatoms. The normalized spacial score (nSPS) is 11.4. The Kier molecular flexibility index (Phi) is 6.40. The lowest BCUT2D eigenvalue weighted by atomic mass is 10.2. The van der Waals surface area contributed by atoms with Crippen LogP contribution in [0.4, 0.5) is 18.9 Å². The maximum atomic E-state index is 12.8. The monoisotopic (exact) mass is 469 g/mol. The van der Waals surface area contributed by atoms with Gasteiger partial charge >= 0.3 is 6.18 Å².